The van der Waals surface area contributed by atoms with Crippen molar-refractivity contribution in [3.05, 3.63) is 75.8 Å². The summed E-state index contributed by atoms with van der Waals surface area (Å²) in [6.07, 6.45) is -1.49. The fourth-order valence-electron chi connectivity index (χ4n) is 4.45. The molecule has 1 atom stereocenters. The van der Waals surface area contributed by atoms with Crippen LogP contribution in [-0.2, 0) is 21.5 Å². The van der Waals surface area contributed by atoms with Crippen LogP contribution in [-0.4, -0.2) is 37.4 Å². The number of benzene rings is 2. The average Bonchev–Trinajstić information content (AvgIpc) is 3.40. The van der Waals surface area contributed by atoms with E-state index in [1.807, 2.05) is 0 Å². The predicted octanol–water partition coefficient (Wildman–Crippen LogP) is 5.62. The number of hydrogen-bond donors (Lipinski definition) is 2. The zero-order chi connectivity index (χ0) is 27.8. The number of nitrogens with one attached hydrogen (secondary N) is 1. The smallest absolute Gasteiger partial charge is 0.374 e. The molecule has 0 aliphatic rings. The molecule has 4 aromatic rings. The van der Waals surface area contributed by atoms with E-state index in [9.17, 15) is 19.1 Å². The molecule has 38 heavy (non-hydrogen) atoms. The van der Waals surface area contributed by atoms with Gasteiger partial charge >= 0.3 is 5.97 Å². The Morgan fingerprint density at radius 2 is 2.00 bits per heavy atom. The third kappa shape index (κ3) is 5.13. The van der Waals surface area contributed by atoms with Crippen LogP contribution in [0.25, 0.3) is 10.1 Å². The zero-order valence-electron chi connectivity index (χ0n) is 21.0. The number of Topliss-reactive ketones (excluding diaryl/α,β-unsaturated/α-hetero) is 1. The molecule has 0 bridgehead atoms. The highest BCUT2D eigenvalue weighted by Crippen LogP contribution is 2.42. The van der Waals surface area contributed by atoms with Crippen LogP contribution in [0.5, 0.6) is 0 Å². The number of rotatable bonds is 9. The molecule has 0 saturated heterocycles. The number of nitrogens with zero attached hydrogens (tertiary/aromatic N) is 3. The van der Waals surface area contributed by atoms with E-state index in [-0.39, 0.29) is 52.6 Å². The van der Waals surface area contributed by atoms with Crippen LogP contribution in [0.2, 0.25) is 5.02 Å². The van der Waals surface area contributed by atoms with Gasteiger partial charge in [0.2, 0.25) is 5.82 Å². The lowest BCUT2D eigenvalue weighted by Crippen LogP contribution is -2.29. The van der Waals surface area contributed by atoms with E-state index in [0.717, 1.165) is 11.5 Å². The number of carbonyl (C=O) groups excluding carboxylic acids is 2. The van der Waals surface area contributed by atoms with E-state index in [4.69, 9.17) is 16.3 Å². The maximum Gasteiger partial charge on any atom is 0.374 e. The van der Waals surface area contributed by atoms with E-state index >= 15 is 4.39 Å². The molecule has 2 heterocycles. The number of carbonyl (C=O) groups is 2. The van der Waals surface area contributed by atoms with Crippen LogP contribution >= 0.6 is 23.1 Å². The summed E-state index contributed by atoms with van der Waals surface area (Å²) in [6, 6.07) is 8.33. The van der Waals surface area contributed by atoms with Crippen molar-refractivity contribution in [1.29, 1.82) is 0 Å². The van der Waals surface area contributed by atoms with Crippen LogP contribution in [0.4, 0.5) is 14.6 Å². The van der Waals surface area contributed by atoms with Gasteiger partial charge in [-0.1, -0.05) is 17.7 Å². The summed E-state index contributed by atoms with van der Waals surface area (Å²) in [7, 11) is 0. The molecule has 1 unspecified atom stereocenters. The van der Waals surface area contributed by atoms with Gasteiger partial charge in [0.05, 0.1) is 23.5 Å². The van der Waals surface area contributed by atoms with Gasteiger partial charge in [-0.2, -0.15) is 4.37 Å². The maximum atomic E-state index is 15.2. The standard InChI is InChI=1S/C26H25ClF2N4O4S/c1-5-37-25(36)23-30-22(31-24(35)20-15-11-14(28)9-10-18(15)38-32-20)21(33(23)12-13(2)34)26(3,4)19-16(27)7-6-8-17(19)29/h6-11,24,31,35H,5,12H2,1-4H3. The Balaban J connectivity index is 1.93. The normalized spacial score (nSPS) is 12.5. The molecule has 0 fully saturated rings. The maximum absolute atomic E-state index is 15.2. The summed E-state index contributed by atoms with van der Waals surface area (Å²) in [5, 5.41) is 14.5. The lowest BCUT2D eigenvalue weighted by Gasteiger charge is -2.30. The van der Waals surface area contributed by atoms with Gasteiger partial charge in [0.25, 0.3) is 0 Å². The topological polar surface area (TPSA) is 106 Å². The highest BCUT2D eigenvalue weighted by molar-refractivity contribution is 7.13. The second kappa shape index (κ2) is 10.8. The molecular formula is C26H25ClF2N4O4S. The number of ether oxygens (including phenoxy) is 1. The minimum atomic E-state index is -1.49. The molecule has 0 saturated carbocycles. The van der Waals surface area contributed by atoms with Crippen molar-refractivity contribution in [3.63, 3.8) is 0 Å². The number of ketones is 1. The van der Waals surface area contributed by atoms with Gasteiger partial charge in [-0.3, -0.25) is 4.79 Å². The Kier molecular flexibility index (Phi) is 7.82. The fraction of sp³-hybridized carbons (Fsp3) is 0.308. The summed E-state index contributed by atoms with van der Waals surface area (Å²) >= 11 is 7.49. The third-order valence-electron chi connectivity index (χ3n) is 5.98. The van der Waals surface area contributed by atoms with Crippen molar-refractivity contribution in [3.8, 4) is 0 Å². The van der Waals surface area contributed by atoms with Gasteiger partial charge < -0.3 is 19.7 Å². The van der Waals surface area contributed by atoms with Crippen LogP contribution in [0.15, 0.2) is 36.4 Å². The first-order valence-electron chi connectivity index (χ1n) is 11.7. The number of anilines is 1. The van der Waals surface area contributed by atoms with Crippen molar-refractivity contribution in [2.75, 3.05) is 11.9 Å². The van der Waals surface area contributed by atoms with Gasteiger partial charge in [-0.05, 0) is 69.6 Å². The van der Waals surface area contributed by atoms with Crippen molar-refractivity contribution in [1.82, 2.24) is 13.9 Å². The lowest BCUT2D eigenvalue weighted by atomic mass is 9.80. The third-order valence-corrected chi connectivity index (χ3v) is 7.13. The Hall–Kier alpha value is -3.41. The molecular weight excluding hydrogens is 538 g/mol. The minimum Gasteiger partial charge on any atom is -0.460 e. The second-order valence-corrected chi connectivity index (χ2v) is 10.3. The van der Waals surface area contributed by atoms with Gasteiger partial charge in [0, 0.05) is 21.4 Å². The van der Waals surface area contributed by atoms with Gasteiger partial charge in [0.1, 0.15) is 23.1 Å². The molecule has 0 aliphatic carbocycles. The Morgan fingerprint density at radius 3 is 2.66 bits per heavy atom. The molecule has 4 rings (SSSR count). The summed E-state index contributed by atoms with van der Waals surface area (Å²) in [4.78, 5) is 29.5. The summed E-state index contributed by atoms with van der Waals surface area (Å²) < 4.78 is 40.5. The molecule has 2 N–H and O–H groups in total. The molecule has 0 aliphatic heterocycles. The SMILES string of the molecule is CCOC(=O)c1nc(NC(O)c2nsc3ccc(F)cc23)c(C(C)(C)c2c(F)cccc2Cl)n1CC(C)=O. The first-order chi connectivity index (χ1) is 17.9. The van der Waals surface area contributed by atoms with E-state index in [1.165, 1.54) is 41.8 Å². The van der Waals surface area contributed by atoms with Crippen molar-refractivity contribution in [2.24, 2.45) is 0 Å². The van der Waals surface area contributed by atoms with Crippen LogP contribution in [0, 0.1) is 11.6 Å². The Labute approximate surface area is 226 Å². The van der Waals surface area contributed by atoms with Gasteiger partial charge in [-0.15, -0.1) is 0 Å². The van der Waals surface area contributed by atoms with Crippen LogP contribution in [0.1, 0.15) is 61.5 Å². The predicted molar refractivity (Wildman–Crippen MR) is 141 cm³/mol. The molecule has 2 aromatic carbocycles. The van der Waals surface area contributed by atoms with E-state index in [0.29, 0.717) is 10.1 Å². The molecule has 0 radical (unpaired) electrons. The molecule has 8 nitrogen and oxygen atoms in total. The first-order valence-corrected chi connectivity index (χ1v) is 12.8. The van der Waals surface area contributed by atoms with E-state index in [1.54, 1.807) is 26.8 Å². The van der Waals surface area contributed by atoms with Crippen LogP contribution in [0.3, 0.4) is 0 Å². The van der Waals surface area contributed by atoms with Crippen molar-refractivity contribution in [2.45, 2.75) is 45.9 Å². The number of fused-ring (bicyclic) bond motifs is 1. The molecule has 12 heteroatoms. The molecule has 0 spiro atoms. The quantitative estimate of drug-likeness (QED) is 0.201. The van der Waals surface area contributed by atoms with Crippen LogP contribution < -0.4 is 5.32 Å². The summed E-state index contributed by atoms with van der Waals surface area (Å²) in [5.74, 6) is -2.47. The van der Waals surface area contributed by atoms with Gasteiger partial charge in [-0.25, -0.2) is 18.6 Å². The molecule has 200 valence electrons. The van der Waals surface area contributed by atoms with E-state index < -0.39 is 29.2 Å². The fourth-order valence-corrected chi connectivity index (χ4v) is 5.64. The molecule has 0 amide bonds. The number of halogens is 3. The Bertz CT molecular complexity index is 1510. The van der Waals surface area contributed by atoms with Crippen molar-refractivity contribution < 1.29 is 28.2 Å². The first kappa shape index (κ1) is 27.6. The highest BCUT2D eigenvalue weighted by atomic mass is 35.5. The number of esters is 1. The van der Waals surface area contributed by atoms with E-state index in [2.05, 4.69) is 14.7 Å². The van der Waals surface area contributed by atoms with Gasteiger partial charge in [0.15, 0.2) is 12.0 Å². The minimum absolute atomic E-state index is 0.0244. The number of hydrogen-bond acceptors (Lipinski definition) is 8. The lowest BCUT2D eigenvalue weighted by molar-refractivity contribution is -0.117. The highest BCUT2D eigenvalue weighted by Gasteiger charge is 2.38. The molecule has 2 aromatic heterocycles. The zero-order valence-corrected chi connectivity index (χ0v) is 22.6. The summed E-state index contributed by atoms with van der Waals surface area (Å²) in [5.41, 5.74) is -0.836. The number of aromatic nitrogens is 3. The number of aliphatic hydroxyl groups is 1. The number of imidazole rings is 1. The average molecular weight is 563 g/mol. The second-order valence-electron chi connectivity index (χ2n) is 9.12. The summed E-state index contributed by atoms with van der Waals surface area (Å²) in [6.45, 7) is 6.03. The monoisotopic (exact) mass is 562 g/mol. The largest absolute Gasteiger partial charge is 0.460 e. The van der Waals surface area contributed by atoms with Crippen molar-refractivity contribution >= 4 is 50.8 Å². The Morgan fingerprint density at radius 1 is 1.26 bits per heavy atom. The number of aliphatic hydroxyl groups excluding tert-OH is 1.